The van der Waals surface area contributed by atoms with Gasteiger partial charge < -0.3 is 10.0 Å². The molecule has 39 heavy (non-hydrogen) atoms. The zero-order valence-corrected chi connectivity index (χ0v) is 25.0. The molecule has 3 fully saturated rings. The Balaban J connectivity index is 1.06. The summed E-state index contributed by atoms with van der Waals surface area (Å²) in [5, 5.41) is 10.2. The molecule has 7 atom stereocenters. The molecule has 3 saturated carbocycles. The van der Waals surface area contributed by atoms with Crippen LogP contribution in [0, 0.1) is 40.9 Å². The van der Waals surface area contributed by atoms with Gasteiger partial charge in [-0.15, -0.1) is 0 Å². The van der Waals surface area contributed by atoms with Crippen LogP contribution in [0.15, 0.2) is 28.7 Å². The minimum atomic E-state index is -0.0725. The average Bonchev–Trinajstić information content (AvgIpc) is 3.67. The van der Waals surface area contributed by atoms with E-state index in [1.807, 2.05) is 11.9 Å². The fraction of sp³-hybridized carbons (Fsp3) is 0.800. The Kier molecular flexibility index (Phi) is 9.11. The number of hydrogen-bond acceptors (Lipinski definition) is 3. The zero-order valence-electron chi connectivity index (χ0n) is 25.0. The highest BCUT2D eigenvalue weighted by molar-refractivity contribution is 5.92. The van der Waals surface area contributed by atoms with Gasteiger partial charge in [0.15, 0.2) is 0 Å². The first kappa shape index (κ1) is 28.7. The Morgan fingerprint density at radius 2 is 1.79 bits per heavy atom. The highest BCUT2D eigenvalue weighted by Crippen LogP contribution is 2.71. The predicted octanol–water partition coefficient (Wildman–Crippen LogP) is 8.33. The fourth-order valence-corrected chi connectivity index (χ4v) is 9.23. The van der Waals surface area contributed by atoms with Gasteiger partial charge in [0.25, 0.3) is 0 Å². The van der Waals surface area contributed by atoms with Crippen molar-refractivity contribution >= 4 is 11.7 Å². The molecule has 5 rings (SSSR count). The highest BCUT2D eigenvalue weighted by atomic mass is 16.3. The molecule has 0 spiro atoms. The lowest BCUT2D eigenvalue weighted by atomic mass is 9.50. The van der Waals surface area contributed by atoms with E-state index in [1.165, 1.54) is 62.5 Å². The summed E-state index contributed by atoms with van der Waals surface area (Å²) in [5.41, 5.74) is 6.00. The summed E-state index contributed by atoms with van der Waals surface area (Å²) in [7, 11) is 1.94. The lowest BCUT2D eigenvalue weighted by Gasteiger charge is -2.53. The maximum absolute atomic E-state index is 13.3. The van der Waals surface area contributed by atoms with Crippen molar-refractivity contribution < 1.29 is 14.7 Å². The molecule has 0 radical (unpaired) electrons. The lowest BCUT2D eigenvalue weighted by molar-refractivity contribution is -0.134. The number of allylic oxidation sites excluding steroid dienone is 2. The monoisotopic (exact) mass is 535 g/mol. The molecule has 4 nitrogen and oxygen atoms in total. The number of aliphatic hydroxyl groups is 1. The van der Waals surface area contributed by atoms with Crippen molar-refractivity contribution in [3.8, 4) is 0 Å². The third kappa shape index (κ3) is 5.97. The normalized spacial score (nSPS) is 34.2. The number of nitrogens with zero attached hydrogens (tertiary/aromatic N) is 1. The average molecular weight is 536 g/mol. The van der Waals surface area contributed by atoms with E-state index in [-0.39, 0.29) is 5.41 Å². The molecule has 1 N–H and O–H groups in total. The van der Waals surface area contributed by atoms with E-state index in [0.717, 1.165) is 51.5 Å². The van der Waals surface area contributed by atoms with Gasteiger partial charge in [-0.05, 0) is 86.2 Å². The Bertz CT molecular complexity index is 1020. The van der Waals surface area contributed by atoms with Crippen LogP contribution in [-0.4, -0.2) is 35.3 Å². The summed E-state index contributed by atoms with van der Waals surface area (Å²) in [5.74, 6) is 4.80. The van der Waals surface area contributed by atoms with Crippen LogP contribution in [0.3, 0.4) is 0 Å². The van der Waals surface area contributed by atoms with Crippen molar-refractivity contribution in [1.29, 1.82) is 0 Å². The Hall–Kier alpha value is -1.80. The summed E-state index contributed by atoms with van der Waals surface area (Å²) in [4.78, 5) is 27.3. The maximum Gasteiger partial charge on any atom is 0.222 e. The first-order valence-corrected chi connectivity index (χ1v) is 16.5. The van der Waals surface area contributed by atoms with Crippen molar-refractivity contribution in [3.63, 3.8) is 0 Å². The van der Waals surface area contributed by atoms with E-state index in [2.05, 4.69) is 25.7 Å². The third-order valence-corrected chi connectivity index (χ3v) is 11.4. The molecule has 0 aliphatic heterocycles. The quantitative estimate of drug-likeness (QED) is 0.180. The SMILES string of the molecule is CCCCN(C)C(=O)CCCCCCCCCC[C@@H]1CC2=C(C=C=C(O)C2)C2CC[C@]3(C)C(=O)[C@H]4C[C@H]4C3C21. The van der Waals surface area contributed by atoms with Gasteiger partial charge in [-0.2, -0.15) is 0 Å². The van der Waals surface area contributed by atoms with Gasteiger partial charge >= 0.3 is 0 Å². The number of carbonyl (C=O) groups is 2. The van der Waals surface area contributed by atoms with Crippen LogP contribution in [0.1, 0.15) is 123 Å². The van der Waals surface area contributed by atoms with Crippen LogP contribution in [0.2, 0.25) is 0 Å². The lowest BCUT2D eigenvalue weighted by Crippen LogP contribution is -2.48. The summed E-state index contributed by atoms with van der Waals surface area (Å²) in [6.45, 7) is 5.38. The second-order valence-corrected chi connectivity index (χ2v) is 14.0. The molecule has 5 aliphatic rings. The number of aliphatic hydroxyl groups excluding tert-OH is 1. The van der Waals surface area contributed by atoms with Crippen molar-refractivity contribution in [2.75, 3.05) is 13.6 Å². The second kappa shape index (κ2) is 12.4. The summed E-state index contributed by atoms with van der Waals surface area (Å²) in [6.07, 6.45) is 21.4. The predicted molar refractivity (Wildman–Crippen MR) is 157 cm³/mol. The number of ketones is 1. The van der Waals surface area contributed by atoms with E-state index < -0.39 is 0 Å². The molecule has 0 aromatic rings. The smallest absolute Gasteiger partial charge is 0.222 e. The van der Waals surface area contributed by atoms with E-state index in [0.29, 0.717) is 65.8 Å². The van der Waals surface area contributed by atoms with E-state index >= 15 is 0 Å². The van der Waals surface area contributed by atoms with Gasteiger partial charge in [0.05, 0.1) is 0 Å². The van der Waals surface area contributed by atoms with Gasteiger partial charge in [-0.1, -0.05) is 76.5 Å². The van der Waals surface area contributed by atoms with E-state index in [4.69, 9.17) is 0 Å². The molecule has 5 aliphatic carbocycles. The first-order valence-electron chi connectivity index (χ1n) is 16.5. The highest BCUT2D eigenvalue weighted by Gasteiger charge is 2.69. The standard InChI is InChI=1S/C35H53NO3/c1-4-5-20-36(3)31(38)15-13-11-9-7-6-8-10-12-14-24-21-25-22-26(37)16-17-27(25)28-18-19-35(2)33(32(24)28)29-23-30(29)34(35)39/h17,24,28-30,32-33,37H,4-15,18-23H2,1-3H3/t24-,28?,29-,30+,32?,33?,35+/m1/s1. The Labute approximate surface area is 237 Å². The second-order valence-electron chi connectivity index (χ2n) is 14.0. The molecular weight excluding hydrogens is 482 g/mol. The molecule has 0 aromatic carbocycles. The summed E-state index contributed by atoms with van der Waals surface area (Å²) >= 11 is 0. The van der Waals surface area contributed by atoms with Crippen molar-refractivity contribution in [2.24, 2.45) is 40.9 Å². The van der Waals surface area contributed by atoms with Crippen LogP contribution in [0.5, 0.6) is 0 Å². The Morgan fingerprint density at radius 1 is 1.08 bits per heavy atom. The van der Waals surface area contributed by atoms with Crippen LogP contribution >= 0.6 is 0 Å². The van der Waals surface area contributed by atoms with Crippen LogP contribution in [0.25, 0.3) is 0 Å². The summed E-state index contributed by atoms with van der Waals surface area (Å²) < 4.78 is 0. The van der Waals surface area contributed by atoms with E-state index in [1.54, 1.807) is 0 Å². The number of fused-ring (bicyclic) bond motifs is 6. The van der Waals surface area contributed by atoms with Crippen molar-refractivity contribution in [2.45, 2.75) is 123 Å². The molecular formula is C35H53NO3. The van der Waals surface area contributed by atoms with Crippen molar-refractivity contribution in [3.05, 3.63) is 28.7 Å². The molecule has 3 unspecified atom stereocenters. The first-order chi connectivity index (χ1) is 18.8. The molecule has 0 aromatic heterocycles. The van der Waals surface area contributed by atoms with Gasteiger partial charge in [-0.25, -0.2) is 0 Å². The van der Waals surface area contributed by atoms with Gasteiger partial charge in [-0.3, -0.25) is 9.59 Å². The molecule has 0 bridgehead atoms. The fourth-order valence-electron chi connectivity index (χ4n) is 9.23. The van der Waals surface area contributed by atoms with E-state index in [9.17, 15) is 14.7 Å². The van der Waals surface area contributed by atoms with Gasteiger partial charge in [0.2, 0.25) is 5.91 Å². The van der Waals surface area contributed by atoms with Crippen LogP contribution < -0.4 is 0 Å². The molecule has 0 heterocycles. The minimum Gasteiger partial charge on any atom is -0.504 e. The number of hydrogen-bond donors (Lipinski definition) is 1. The van der Waals surface area contributed by atoms with Crippen LogP contribution in [-0.2, 0) is 9.59 Å². The van der Waals surface area contributed by atoms with Crippen LogP contribution in [0.4, 0.5) is 0 Å². The minimum absolute atomic E-state index is 0.0725. The van der Waals surface area contributed by atoms with Gasteiger partial charge in [0, 0.05) is 37.8 Å². The number of unbranched alkanes of at least 4 members (excludes halogenated alkanes) is 8. The number of amides is 1. The molecule has 216 valence electrons. The maximum atomic E-state index is 13.3. The largest absolute Gasteiger partial charge is 0.504 e. The number of rotatable bonds is 14. The van der Waals surface area contributed by atoms with Crippen molar-refractivity contribution in [1.82, 2.24) is 4.90 Å². The third-order valence-electron chi connectivity index (χ3n) is 11.4. The topological polar surface area (TPSA) is 57.6 Å². The Morgan fingerprint density at radius 3 is 2.54 bits per heavy atom. The molecule has 1 amide bonds. The van der Waals surface area contributed by atoms with Gasteiger partial charge in [0.1, 0.15) is 11.5 Å². The molecule has 0 saturated heterocycles. The molecule has 4 heteroatoms. The zero-order chi connectivity index (χ0) is 27.6. The number of Topliss-reactive ketones (excluding diaryl/α,β-unsaturated/α-hetero) is 1. The number of carbonyl (C=O) groups excluding carboxylic acids is 2. The summed E-state index contributed by atoms with van der Waals surface area (Å²) in [6, 6.07) is 0.